The number of nitrogens with zero attached hydrogens (tertiary/aromatic N) is 2. The maximum atomic E-state index is 13.0. The number of hydrogen-bond donors (Lipinski definition) is 0. The highest BCUT2D eigenvalue weighted by Crippen LogP contribution is 2.65. The lowest BCUT2D eigenvalue weighted by atomic mass is 9.63. The Morgan fingerprint density at radius 1 is 1.03 bits per heavy atom. The molecule has 7 rings (SSSR count). The molecule has 8 heteroatoms. The minimum Gasteiger partial charge on any atom is -0.488 e. The lowest BCUT2D eigenvalue weighted by Crippen LogP contribution is -2.40. The van der Waals surface area contributed by atoms with Gasteiger partial charge in [-0.1, -0.05) is 41.4 Å². The van der Waals surface area contributed by atoms with Crippen molar-refractivity contribution in [3.05, 3.63) is 74.2 Å². The number of hydrazone groups is 1. The number of rotatable bonds is 5. The number of benzene rings is 2. The molecule has 2 amide bonds. The van der Waals surface area contributed by atoms with Crippen LogP contribution in [0, 0.1) is 35.5 Å². The van der Waals surface area contributed by atoms with E-state index in [4.69, 9.17) is 27.9 Å². The van der Waals surface area contributed by atoms with Crippen LogP contribution in [0.3, 0.4) is 0 Å². The fourth-order valence-corrected chi connectivity index (χ4v) is 6.66. The summed E-state index contributed by atoms with van der Waals surface area (Å²) >= 11 is 15.7. The number of allylic oxidation sites excluding steroid dienone is 2. The van der Waals surface area contributed by atoms with Crippen molar-refractivity contribution in [2.45, 2.75) is 13.0 Å². The fourth-order valence-electron chi connectivity index (χ4n) is 5.69. The molecule has 1 aliphatic heterocycles. The SMILES string of the molecule is O=C1[C@@H]2[C@H]3C=C[C@@H]([C@@H]4C[C@@H]34)[C@@H]2C(=O)N1N=Cc1ccc(OCc2ccc(Cl)cc2Cl)c(Br)c1. The molecule has 0 N–H and O–H groups in total. The zero-order chi connectivity index (χ0) is 22.9. The molecule has 3 fully saturated rings. The van der Waals surface area contributed by atoms with Crippen LogP contribution in [0.1, 0.15) is 17.5 Å². The Kier molecular flexibility index (Phi) is 5.16. The van der Waals surface area contributed by atoms with Gasteiger partial charge in [0.15, 0.2) is 0 Å². The lowest BCUT2D eigenvalue weighted by molar-refractivity contribution is -0.140. The molecule has 33 heavy (non-hydrogen) atoms. The van der Waals surface area contributed by atoms with Crippen molar-refractivity contribution in [2.24, 2.45) is 40.6 Å². The predicted octanol–water partition coefficient (Wildman–Crippen LogP) is 5.72. The molecule has 2 saturated carbocycles. The van der Waals surface area contributed by atoms with E-state index in [2.05, 4.69) is 33.2 Å². The van der Waals surface area contributed by atoms with E-state index in [0.717, 1.165) is 27.0 Å². The average molecular weight is 546 g/mol. The standard InChI is InChI=1S/C25H19BrCl2N2O3/c26-19-7-12(1-6-21(19)33-11-13-2-3-14(27)8-20(13)28)10-29-30-24(31)22-15-4-5-16(18-9-17(15)18)23(22)25(30)32/h1-8,10,15-18,22-23H,9,11H2/t15-,16-,17-,18-,22-,23+/m0/s1. The first-order chi connectivity index (χ1) is 15.9. The van der Waals surface area contributed by atoms with Crippen molar-refractivity contribution in [1.29, 1.82) is 0 Å². The topological polar surface area (TPSA) is 59.0 Å². The molecular formula is C25H19BrCl2N2O3. The summed E-state index contributed by atoms with van der Waals surface area (Å²) in [6.45, 7) is 0.292. The van der Waals surface area contributed by atoms with Crippen molar-refractivity contribution in [2.75, 3.05) is 0 Å². The summed E-state index contributed by atoms with van der Waals surface area (Å²) in [6.07, 6.45) is 7.01. The molecule has 0 radical (unpaired) electrons. The Hall–Kier alpha value is -2.15. The smallest absolute Gasteiger partial charge is 0.254 e. The van der Waals surface area contributed by atoms with Gasteiger partial charge in [-0.3, -0.25) is 9.59 Å². The van der Waals surface area contributed by atoms with Gasteiger partial charge in [0, 0.05) is 15.6 Å². The van der Waals surface area contributed by atoms with E-state index in [9.17, 15) is 9.59 Å². The van der Waals surface area contributed by atoms with E-state index < -0.39 is 0 Å². The number of ether oxygens (including phenoxy) is 1. The molecule has 0 aromatic heterocycles. The summed E-state index contributed by atoms with van der Waals surface area (Å²) in [7, 11) is 0. The second-order valence-electron chi connectivity index (χ2n) is 9.10. The Morgan fingerprint density at radius 3 is 2.36 bits per heavy atom. The van der Waals surface area contributed by atoms with Crippen molar-refractivity contribution in [3.8, 4) is 5.75 Å². The van der Waals surface area contributed by atoms with Gasteiger partial charge in [-0.25, -0.2) is 0 Å². The van der Waals surface area contributed by atoms with Crippen LogP contribution in [0.4, 0.5) is 0 Å². The lowest BCUT2D eigenvalue weighted by Gasteiger charge is -2.37. The molecule has 0 unspecified atom stereocenters. The summed E-state index contributed by atoms with van der Waals surface area (Å²) in [6, 6.07) is 10.7. The maximum absolute atomic E-state index is 13.0. The Balaban J connectivity index is 1.15. The monoisotopic (exact) mass is 544 g/mol. The fraction of sp³-hybridized carbons (Fsp3) is 0.320. The Labute approximate surface area is 209 Å². The average Bonchev–Trinajstić information content (AvgIpc) is 3.57. The molecule has 5 aliphatic rings. The molecular weight excluding hydrogens is 527 g/mol. The summed E-state index contributed by atoms with van der Waals surface area (Å²) in [5, 5.41) is 6.50. The molecule has 4 aliphatic carbocycles. The van der Waals surface area contributed by atoms with Gasteiger partial charge in [0.05, 0.1) is 22.5 Å². The summed E-state index contributed by atoms with van der Waals surface area (Å²) in [5.74, 6) is 1.38. The van der Waals surface area contributed by atoms with Crippen LogP contribution in [0.2, 0.25) is 10.0 Å². The first-order valence-corrected chi connectivity index (χ1v) is 12.4. The van der Waals surface area contributed by atoms with Gasteiger partial charge in [0.2, 0.25) is 0 Å². The number of halogens is 3. The van der Waals surface area contributed by atoms with Gasteiger partial charge in [0.25, 0.3) is 11.8 Å². The molecule has 2 aromatic carbocycles. The maximum Gasteiger partial charge on any atom is 0.254 e. The minimum atomic E-state index is -0.240. The Bertz CT molecular complexity index is 1210. The number of carbonyl (C=O) groups is 2. The third-order valence-electron chi connectivity index (χ3n) is 7.32. The molecule has 2 aromatic rings. The van der Waals surface area contributed by atoms with Crippen molar-refractivity contribution >= 4 is 57.2 Å². The second-order valence-corrected chi connectivity index (χ2v) is 10.8. The summed E-state index contributed by atoms with van der Waals surface area (Å²) in [5.41, 5.74) is 1.57. The van der Waals surface area contributed by atoms with Gasteiger partial charge in [-0.2, -0.15) is 10.1 Å². The quantitative estimate of drug-likeness (QED) is 0.274. The zero-order valence-corrected chi connectivity index (χ0v) is 20.4. The molecule has 5 nitrogen and oxygen atoms in total. The third kappa shape index (κ3) is 3.54. The molecule has 168 valence electrons. The van der Waals surface area contributed by atoms with Crippen LogP contribution < -0.4 is 4.74 Å². The highest BCUT2D eigenvalue weighted by Gasteiger charge is 2.67. The summed E-state index contributed by atoms with van der Waals surface area (Å²) < 4.78 is 6.60. The summed E-state index contributed by atoms with van der Waals surface area (Å²) in [4.78, 5) is 26.0. The highest BCUT2D eigenvalue weighted by atomic mass is 79.9. The van der Waals surface area contributed by atoms with E-state index in [0.29, 0.717) is 34.2 Å². The number of hydrogen-bond acceptors (Lipinski definition) is 4. The van der Waals surface area contributed by atoms with E-state index in [1.54, 1.807) is 24.4 Å². The van der Waals surface area contributed by atoms with Crippen LogP contribution in [0.15, 0.2) is 58.1 Å². The first kappa shape index (κ1) is 21.4. The third-order valence-corrected chi connectivity index (χ3v) is 8.52. The van der Waals surface area contributed by atoms with Gasteiger partial charge >= 0.3 is 0 Å². The van der Waals surface area contributed by atoms with E-state index in [1.165, 1.54) is 0 Å². The van der Waals surface area contributed by atoms with Gasteiger partial charge < -0.3 is 4.74 Å². The normalized spacial score (nSPS) is 31.3. The van der Waals surface area contributed by atoms with Crippen molar-refractivity contribution in [3.63, 3.8) is 0 Å². The van der Waals surface area contributed by atoms with Gasteiger partial charge in [0.1, 0.15) is 12.4 Å². The van der Waals surface area contributed by atoms with Crippen molar-refractivity contribution < 1.29 is 14.3 Å². The number of amides is 2. The molecule has 1 saturated heterocycles. The van der Waals surface area contributed by atoms with Crippen LogP contribution in [0.5, 0.6) is 5.75 Å². The van der Waals surface area contributed by atoms with Gasteiger partial charge in [-0.15, -0.1) is 0 Å². The first-order valence-electron chi connectivity index (χ1n) is 10.9. The van der Waals surface area contributed by atoms with Crippen LogP contribution in [-0.2, 0) is 16.2 Å². The molecule has 6 atom stereocenters. The number of imide groups is 1. The highest BCUT2D eigenvalue weighted by molar-refractivity contribution is 9.10. The molecule has 1 heterocycles. The van der Waals surface area contributed by atoms with Gasteiger partial charge in [-0.05, 0) is 81.9 Å². The minimum absolute atomic E-state index is 0.162. The second kappa shape index (κ2) is 7.97. The Morgan fingerprint density at radius 2 is 1.73 bits per heavy atom. The van der Waals surface area contributed by atoms with Crippen LogP contribution >= 0.6 is 39.1 Å². The molecule has 0 spiro atoms. The van der Waals surface area contributed by atoms with Crippen LogP contribution in [-0.4, -0.2) is 23.0 Å². The predicted molar refractivity (Wildman–Crippen MR) is 129 cm³/mol. The van der Waals surface area contributed by atoms with Crippen molar-refractivity contribution in [1.82, 2.24) is 5.01 Å². The molecule has 2 bridgehead atoms. The largest absolute Gasteiger partial charge is 0.488 e. The van der Waals surface area contributed by atoms with Crippen LogP contribution in [0.25, 0.3) is 0 Å². The van der Waals surface area contributed by atoms with E-state index in [-0.39, 0.29) is 35.5 Å². The zero-order valence-electron chi connectivity index (χ0n) is 17.3. The van der Waals surface area contributed by atoms with E-state index in [1.807, 2.05) is 18.2 Å². The van der Waals surface area contributed by atoms with E-state index >= 15 is 0 Å². The number of carbonyl (C=O) groups excluding carboxylic acids is 2.